The lowest BCUT2D eigenvalue weighted by Crippen LogP contribution is -2.23. The van der Waals surface area contributed by atoms with Gasteiger partial charge in [-0.1, -0.05) is 18.2 Å². The van der Waals surface area contributed by atoms with Gasteiger partial charge in [-0.3, -0.25) is 14.4 Å². The van der Waals surface area contributed by atoms with Crippen LogP contribution in [0.2, 0.25) is 0 Å². The molecule has 0 saturated heterocycles. The first kappa shape index (κ1) is 19.3. The molecule has 0 bridgehead atoms. The van der Waals surface area contributed by atoms with Crippen LogP contribution < -0.4 is 16.0 Å². The van der Waals surface area contributed by atoms with Crippen molar-refractivity contribution in [2.75, 3.05) is 12.4 Å². The molecular formula is C21H19N3O3S. The summed E-state index contributed by atoms with van der Waals surface area (Å²) in [5.74, 6) is -0.541. The summed E-state index contributed by atoms with van der Waals surface area (Å²) in [7, 11) is 1.58. The lowest BCUT2D eigenvalue weighted by atomic mass is 10.1. The molecule has 7 heteroatoms. The molecule has 28 heavy (non-hydrogen) atoms. The number of carbonyl (C=O) groups is 3. The summed E-state index contributed by atoms with van der Waals surface area (Å²) < 4.78 is 0. The first-order valence-electron chi connectivity index (χ1n) is 8.61. The lowest BCUT2D eigenvalue weighted by Gasteiger charge is -2.08. The molecule has 3 N–H and O–H groups in total. The summed E-state index contributed by atoms with van der Waals surface area (Å²) in [5.41, 5.74) is 2.58. The van der Waals surface area contributed by atoms with Crippen LogP contribution in [-0.4, -0.2) is 24.8 Å². The van der Waals surface area contributed by atoms with E-state index in [1.807, 2.05) is 11.4 Å². The zero-order valence-corrected chi connectivity index (χ0v) is 16.0. The predicted octanol–water partition coefficient (Wildman–Crippen LogP) is 3.29. The minimum atomic E-state index is -0.216. The maximum Gasteiger partial charge on any atom is 0.265 e. The molecule has 3 aromatic rings. The number of rotatable bonds is 6. The smallest absolute Gasteiger partial charge is 0.265 e. The van der Waals surface area contributed by atoms with Gasteiger partial charge in [0.1, 0.15) is 0 Å². The SMILES string of the molecule is CNC(=O)c1ccc(CNC(=O)c2ccc(NC(=O)c3cccs3)cc2)cc1. The number of anilines is 1. The van der Waals surface area contributed by atoms with Crippen LogP contribution in [0.25, 0.3) is 0 Å². The topological polar surface area (TPSA) is 87.3 Å². The van der Waals surface area contributed by atoms with Gasteiger partial charge in [0, 0.05) is 30.4 Å². The largest absolute Gasteiger partial charge is 0.355 e. The van der Waals surface area contributed by atoms with E-state index in [2.05, 4.69) is 16.0 Å². The Bertz CT molecular complexity index is 965. The molecule has 1 aromatic heterocycles. The van der Waals surface area contributed by atoms with Gasteiger partial charge >= 0.3 is 0 Å². The van der Waals surface area contributed by atoms with Crippen molar-refractivity contribution in [1.29, 1.82) is 0 Å². The van der Waals surface area contributed by atoms with Crippen LogP contribution in [-0.2, 0) is 6.54 Å². The fraction of sp³-hybridized carbons (Fsp3) is 0.0952. The normalized spacial score (nSPS) is 10.2. The summed E-state index contributed by atoms with van der Waals surface area (Å²) >= 11 is 1.37. The summed E-state index contributed by atoms with van der Waals surface area (Å²) in [6, 6.07) is 17.3. The minimum Gasteiger partial charge on any atom is -0.355 e. The molecule has 3 amide bonds. The van der Waals surface area contributed by atoms with E-state index < -0.39 is 0 Å². The monoisotopic (exact) mass is 393 g/mol. The van der Waals surface area contributed by atoms with Gasteiger partial charge in [0.05, 0.1) is 4.88 Å². The summed E-state index contributed by atoms with van der Waals surface area (Å²) in [6.07, 6.45) is 0. The molecule has 0 radical (unpaired) electrons. The van der Waals surface area contributed by atoms with E-state index >= 15 is 0 Å². The number of thiophene rings is 1. The molecule has 0 aliphatic carbocycles. The van der Waals surface area contributed by atoms with Gasteiger partial charge in [-0.25, -0.2) is 0 Å². The van der Waals surface area contributed by atoms with Crippen molar-refractivity contribution in [3.63, 3.8) is 0 Å². The fourth-order valence-electron chi connectivity index (χ4n) is 2.51. The van der Waals surface area contributed by atoms with Crippen LogP contribution in [0.5, 0.6) is 0 Å². The second-order valence-corrected chi connectivity index (χ2v) is 6.92. The van der Waals surface area contributed by atoms with Crippen molar-refractivity contribution in [2.24, 2.45) is 0 Å². The molecule has 0 unspecified atom stereocenters. The van der Waals surface area contributed by atoms with E-state index in [4.69, 9.17) is 0 Å². The highest BCUT2D eigenvalue weighted by molar-refractivity contribution is 7.12. The molecule has 0 aliphatic heterocycles. The third-order valence-electron chi connectivity index (χ3n) is 4.05. The van der Waals surface area contributed by atoms with E-state index in [1.54, 1.807) is 61.6 Å². The average Bonchev–Trinajstić information content (AvgIpc) is 3.27. The Morgan fingerprint density at radius 2 is 1.46 bits per heavy atom. The van der Waals surface area contributed by atoms with E-state index in [1.165, 1.54) is 11.3 Å². The molecule has 0 saturated carbocycles. The molecule has 0 atom stereocenters. The quantitative estimate of drug-likeness (QED) is 0.601. The minimum absolute atomic E-state index is 0.151. The zero-order chi connectivity index (χ0) is 19.9. The molecule has 1 heterocycles. The van der Waals surface area contributed by atoms with Crippen molar-refractivity contribution < 1.29 is 14.4 Å². The number of hydrogen-bond donors (Lipinski definition) is 3. The van der Waals surface area contributed by atoms with Crippen LogP contribution in [0.3, 0.4) is 0 Å². The van der Waals surface area contributed by atoms with Crippen LogP contribution in [0.15, 0.2) is 66.0 Å². The maximum atomic E-state index is 12.3. The predicted molar refractivity (Wildman–Crippen MR) is 110 cm³/mol. The summed E-state index contributed by atoms with van der Waals surface area (Å²) in [4.78, 5) is 36.5. The van der Waals surface area contributed by atoms with E-state index in [0.717, 1.165) is 5.56 Å². The second kappa shape index (κ2) is 8.96. The van der Waals surface area contributed by atoms with Gasteiger partial charge in [0.15, 0.2) is 0 Å². The average molecular weight is 393 g/mol. The molecule has 6 nitrogen and oxygen atoms in total. The fourth-order valence-corrected chi connectivity index (χ4v) is 3.13. The summed E-state index contributed by atoms with van der Waals surface area (Å²) in [6.45, 7) is 0.351. The van der Waals surface area contributed by atoms with Crippen molar-refractivity contribution >= 4 is 34.7 Å². The molecule has 3 rings (SSSR count). The Labute approximate surface area is 166 Å². The maximum absolute atomic E-state index is 12.3. The van der Waals surface area contributed by atoms with Crippen molar-refractivity contribution in [2.45, 2.75) is 6.54 Å². The summed E-state index contributed by atoms with van der Waals surface area (Å²) in [5, 5.41) is 10.0. The first-order chi connectivity index (χ1) is 13.6. The number of nitrogens with one attached hydrogen (secondary N) is 3. The third-order valence-corrected chi connectivity index (χ3v) is 4.91. The van der Waals surface area contributed by atoms with Crippen LogP contribution >= 0.6 is 11.3 Å². The Kier molecular flexibility index (Phi) is 6.18. The van der Waals surface area contributed by atoms with Gasteiger partial charge in [-0.2, -0.15) is 0 Å². The van der Waals surface area contributed by atoms with Gasteiger partial charge < -0.3 is 16.0 Å². The van der Waals surface area contributed by atoms with E-state index in [-0.39, 0.29) is 17.7 Å². The lowest BCUT2D eigenvalue weighted by molar-refractivity contribution is 0.0946. The first-order valence-corrected chi connectivity index (χ1v) is 9.49. The van der Waals surface area contributed by atoms with Crippen molar-refractivity contribution in [3.05, 3.63) is 87.6 Å². The highest BCUT2D eigenvalue weighted by atomic mass is 32.1. The Morgan fingerprint density at radius 3 is 2.07 bits per heavy atom. The number of carbonyl (C=O) groups excluding carboxylic acids is 3. The van der Waals surface area contributed by atoms with Crippen molar-refractivity contribution in [3.8, 4) is 0 Å². The van der Waals surface area contributed by atoms with E-state index in [9.17, 15) is 14.4 Å². The number of benzene rings is 2. The van der Waals surface area contributed by atoms with E-state index in [0.29, 0.717) is 28.2 Å². The zero-order valence-electron chi connectivity index (χ0n) is 15.2. The van der Waals surface area contributed by atoms with Crippen LogP contribution in [0, 0.1) is 0 Å². The Morgan fingerprint density at radius 1 is 0.821 bits per heavy atom. The molecule has 0 fully saturated rings. The molecule has 0 spiro atoms. The molecule has 0 aliphatic rings. The van der Waals surface area contributed by atoms with Gasteiger partial charge in [0.2, 0.25) is 0 Å². The molecular weight excluding hydrogens is 374 g/mol. The Hall–Kier alpha value is -3.45. The second-order valence-electron chi connectivity index (χ2n) is 5.97. The van der Waals surface area contributed by atoms with Gasteiger partial charge in [0.25, 0.3) is 17.7 Å². The molecule has 2 aromatic carbocycles. The number of hydrogen-bond acceptors (Lipinski definition) is 4. The third kappa shape index (κ3) is 4.83. The Balaban J connectivity index is 1.54. The highest BCUT2D eigenvalue weighted by Crippen LogP contribution is 2.14. The van der Waals surface area contributed by atoms with Gasteiger partial charge in [-0.05, 0) is 53.4 Å². The number of amides is 3. The molecule has 142 valence electrons. The highest BCUT2D eigenvalue weighted by Gasteiger charge is 2.09. The van der Waals surface area contributed by atoms with Crippen LogP contribution in [0.4, 0.5) is 5.69 Å². The van der Waals surface area contributed by atoms with Crippen molar-refractivity contribution in [1.82, 2.24) is 10.6 Å². The van der Waals surface area contributed by atoms with Gasteiger partial charge in [-0.15, -0.1) is 11.3 Å². The standard InChI is InChI=1S/C21H19N3O3S/c1-22-19(25)15-6-4-14(5-7-15)13-23-20(26)16-8-10-17(11-9-16)24-21(27)18-3-2-12-28-18/h2-12H,13H2,1H3,(H,22,25)(H,23,26)(H,24,27). The van der Waals surface area contributed by atoms with Crippen LogP contribution in [0.1, 0.15) is 36.0 Å².